The van der Waals surface area contributed by atoms with Crippen molar-refractivity contribution in [1.82, 2.24) is 9.97 Å². The predicted molar refractivity (Wildman–Crippen MR) is 99.4 cm³/mol. The van der Waals surface area contributed by atoms with Crippen molar-refractivity contribution in [3.05, 3.63) is 34.5 Å². The first-order chi connectivity index (χ1) is 11.6. The SMILES string of the molecule is Cc1nc(N2CCC(C)CC2)nc2c1CNc1ccc(Cl)cc1N2. The molecule has 6 heteroatoms. The Kier molecular flexibility index (Phi) is 3.96. The van der Waals surface area contributed by atoms with E-state index in [9.17, 15) is 0 Å². The third-order valence-electron chi connectivity index (χ3n) is 4.96. The van der Waals surface area contributed by atoms with Gasteiger partial charge in [-0.3, -0.25) is 0 Å². The molecule has 1 saturated heterocycles. The van der Waals surface area contributed by atoms with Gasteiger partial charge < -0.3 is 15.5 Å². The van der Waals surface area contributed by atoms with Crippen LogP contribution in [0.15, 0.2) is 18.2 Å². The molecule has 0 unspecified atom stereocenters. The molecule has 0 saturated carbocycles. The van der Waals surface area contributed by atoms with Crippen molar-refractivity contribution in [2.24, 2.45) is 5.92 Å². The van der Waals surface area contributed by atoms with Crippen molar-refractivity contribution >= 4 is 34.7 Å². The number of hydrogen-bond donors (Lipinski definition) is 2. The van der Waals surface area contributed by atoms with Crippen LogP contribution in [0.5, 0.6) is 0 Å². The van der Waals surface area contributed by atoms with E-state index in [4.69, 9.17) is 21.6 Å². The minimum atomic E-state index is 0.708. The maximum Gasteiger partial charge on any atom is 0.227 e. The maximum atomic E-state index is 6.15. The van der Waals surface area contributed by atoms with Gasteiger partial charge in [-0.2, -0.15) is 4.98 Å². The molecule has 0 atom stereocenters. The van der Waals surface area contributed by atoms with E-state index in [1.54, 1.807) is 0 Å². The number of anilines is 4. The first-order valence-electron chi connectivity index (χ1n) is 8.53. The number of piperidine rings is 1. The largest absolute Gasteiger partial charge is 0.379 e. The summed E-state index contributed by atoms with van der Waals surface area (Å²) in [6.07, 6.45) is 2.40. The Morgan fingerprint density at radius 2 is 1.96 bits per heavy atom. The molecule has 24 heavy (non-hydrogen) atoms. The van der Waals surface area contributed by atoms with Crippen LogP contribution in [0.3, 0.4) is 0 Å². The van der Waals surface area contributed by atoms with Gasteiger partial charge in [-0.25, -0.2) is 4.98 Å². The van der Waals surface area contributed by atoms with Crippen LogP contribution in [0, 0.1) is 12.8 Å². The molecular formula is C18H22ClN5. The molecule has 2 aromatic rings. The standard InChI is InChI=1S/C18H22ClN5/c1-11-5-7-24(8-6-11)18-21-12(2)14-10-20-15-4-3-13(19)9-16(15)22-17(14)23-18/h3-4,9,11,20H,5-8,10H2,1-2H3,(H,21,22,23). The lowest BCUT2D eigenvalue weighted by atomic mass is 10.00. The molecule has 2 N–H and O–H groups in total. The number of nitrogens with zero attached hydrogens (tertiary/aromatic N) is 3. The molecule has 2 aliphatic heterocycles. The van der Waals surface area contributed by atoms with E-state index < -0.39 is 0 Å². The highest BCUT2D eigenvalue weighted by Crippen LogP contribution is 2.34. The number of rotatable bonds is 1. The minimum absolute atomic E-state index is 0.708. The quantitative estimate of drug-likeness (QED) is 0.806. The Bertz CT molecular complexity index is 768. The van der Waals surface area contributed by atoms with Gasteiger partial charge in [-0.15, -0.1) is 0 Å². The summed E-state index contributed by atoms with van der Waals surface area (Å²) < 4.78 is 0. The highest BCUT2D eigenvalue weighted by molar-refractivity contribution is 6.31. The van der Waals surface area contributed by atoms with Crippen LogP contribution in [-0.4, -0.2) is 23.1 Å². The Balaban J connectivity index is 1.69. The molecule has 1 fully saturated rings. The van der Waals surface area contributed by atoms with Crippen molar-refractivity contribution in [1.29, 1.82) is 0 Å². The topological polar surface area (TPSA) is 53.1 Å². The number of hydrogen-bond acceptors (Lipinski definition) is 5. The summed E-state index contributed by atoms with van der Waals surface area (Å²) in [5.74, 6) is 2.50. The molecule has 0 aliphatic carbocycles. The van der Waals surface area contributed by atoms with Crippen molar-refractivity contribution in [3.63, 3.8) is 0 Å². The number of nitrogens with one attached hydrogen (secondary N) is 2. The summed E-state index contributed by atoms with van der Waals surface area (Å²) in [6.45, 7) is 7.14. The number of fused-ring (bicyclic) bond motifs is 2. The highest BCUT2D eigenvalue weighted by atomic mass is 35.5. The average molecular weight is 344 g/mol. The second-order valence-corrected chi connectivity index (χ2v) is 7.21. The van der Waals surface area contributed by atoms with Gasteiger partial charge in [0.25, 0.3) is 0 Å². The highest BCUT2D eigenvalue weighted by Gasteiger charge is 2.22. The first-order valence-corrected chi connectivity index (χ1v) is 8.91. The van der Waals surface area contributed by atoms with Gasteiger partial charge in [0.2, 0.25) is 5.95 Å². The van der Waals surface area contributed by atoms with Gasteiger partial charge in [0, 0.05) is 35.9 Å². The van der Waals surface area contributed by atoms with Gasteiger partial charge in [0.15, 0.2) is 0 Å². The van der Waals surface area contributed by atoms with E-state index in [-0.39, 0.29) is 0 Å². The molecule has 126 valence electrons. The fourth-order valence-corrected chi connectivity index (χ4v) is 3.50. The Hall–Kier alpha value is -2.01. The van der Waals surface area contributed by atoms with Crippen LogP contribution < -0.4 is 15.5 Å². The number of benzene rings is 1. The predicted octanol–water partition coefficient (Wildman–Crippen LogP) is 4.34. The summed E-state index contributed by atoms with van der Waals surface area (Å²) in [6, 6.07) is 5.81. The molecule has 5 nitrogen and oxygen atoms in total. The van der Waals surface area contributed by atoms with Crippen molar-refractivity contribution in [2.75, 3.05) is 28.6 Å². The van der Waals surface area contributed by atoms with Crippen molar-refractivity contribution in [2.45, 2.75) is 33.2 Å². The Morgan fingerprint density at radius 1 is 1.17 bits per heavy atom. The molecule has 2 aliphatic rings. The fourth-order valence-electron chi connectivity index (χ4n) is 3.33. The van der Waals surface area contributed by atoms with E-state index in [1.807, 2.05) is 18.2 Å². The minimum Gasteiger partial charge on any atom is -0.379 e. The summed E-state index contributed by atoms with van der Waals surface area (Å²) in [4.78, 5) is 11.9. The third kappa shape index (κ3) is 2.88. The lowest BCUT2D eigenvalue weighted by molar-refractivity contribution is 0.434. The Morgan fingerprint density at radius 3 is 2.75 bits per heavy atom. The zero-order chi connectivity index (χ0) is 16.7. The van der Waals surface area contributed by atoms with Gasteiger partial charge in [-0.05, 0) is 43.9 Å². The molecule has 0 spiro atoms. The van der Waals surface area contributed by atoms with Crippen LogP contribution in [0.2, 0.25) is 5.02 Å². The molecular weight excluding hydrogens is 322 g/mol. The van der Waals surface area contributed by atoms with Gasteiger partial charge in [0.1, 0.15) is 5.82 Å². The van der Waals surface area contributed by atoms with Crippen LogP contribution >= 0.6 is 11.6 Å². The molecule has 0 radical (unpaired) electrons. The van der Waals surface area contributed by atoms with Crippen LogP contribution in [0.4, 0.5) is 23.1 Å². The van der Waals surface area contributed by atoms with Gasteiger partial charge >= 0.3 is 0 Å². The van der Waals surface area contributed by atoms with E-state index in [0.29, 0.717) is 11.6 Å². The van der Waals surface area contributed by atoms with E-state index in [0.717, 1.165) is 53.4 Å². The molecule has 1 aromatic carbocycles. The molecule has 0 amide bonds. The van der Waals surface area contributed by atoms with E-state index in [2.05, 4.69) is 29.4 Å². The van der Waals surface area contributed by atoms with E-state index >= 15 is 0 Å². The summed E-state index contributed by atoms with van der Waals surface area (Å²) in [5, 5.41) is 7.60. The lowest BCUT2D eigenvalue weighted by Crippen LogP contribution is -2.34. The zero-order valence-electron chi connectivity index (χ0n) is 14.1. The van der Waals surface area contributed by atoms with Crippen molar-refractivity contribution < 1.29 is 0 Å². The molecule has 3 heterocycles. The first kappa shape index (κ1) is 15.5. The van der Waals surface area contributed by atoms with E-state index in [1.165, 1.54) is 12.8 Å². The van der Waals surface area contributed by atoms with Crippen LogP contribution in [0.25, 0.3) is 0 Å². The number of aromatic nitrogens is 2. The summed E-state index contributed by atoms with van der Waals surface area (Å²) in [7, 11) is 0. The second kappa shape index (κ2) is 6.13. The second-order valence-electron chi connectivity index (χ2n) is 6.77. The fraction of sp³-hybridized carbons (Fsp3) is 0.444. The smallest absolute Gasteiger partial charge is 0.227 e. The lowest BCUT2D eigenvalue weighted by Gasteiger charge is -2.30. The van der Waals surface area contributed by atoms with Crippen LogP contribution in [-0.2, 0) is 6.54 Å². The third-order valence-corrected chi connectivity index (χ3v) is 5.19. The zero-order valence-corrected chi connectivity index (χ0v) is 14.8. The number of halogens is 1. The monoisotopic (exact) mass is 343 g/mol. The van der Waals surface area contributed by atoms with Gasteiger partial charge in [-0.1, -0.05) is 18.5 Å². The Labute approximate surface area is 147 Å². The normalized spacial score (nSPS) is 17.4. The van der Waals surface area contributed by atoms with Crippen molar-refractivity contribution in [3.8, 4) is 0 Å². The average Bonchev–Trinajstić information content (AvgIpc) is 2.74. The van der Waals surface area contributed by atoms with Gasteiger partial charge in [0.05, 0.1) is 11.4 Å². The summed E-state index contributed by atoms with van der Waals surface area (Å²) in [5.41, 5.74) is 4.12. The number of aryl methyl sites for hydroxylation is 1. The summed E-state index contributed by atoms with van der Waals surface area (Å²) >= 11 is 6.15. The maximum absolute atomic E-state index is 6.15. The molecule has 0 bridgehead atoms. The van der Waals surface area contributed by atoms with Crippen LogP contribution in [0.1, 0.15) is 31.0 Å². The molecule has 1 aromatic heterocycles. The molecule has 4 rings (SSSR count).